The lowest BCUT2D eigenvalue weighted by Gasteiger charge is -2.51. The Hall–Kier alpha value is -0.410. The predicted molar refractivity (Wildman–Crippen MR) is 68.0 cm³/mol. The van der Waals surface area contributed by atoms with E-state index in [2.05, 4.69) is 23.9 Å². The molecule has 3 heteroatoms. The van der Waals surface area contributed by atoms with Crippen molar-refractivity contribution >= 4 is 5.78 Å². The first-order valence-corrected chi connectivity index (χ1v) is 7.06. The van der Waals surface area contributed by atoms with Crippen LogP contribution in [0.1, 0.15) is 44.9 Å². The largest absolute Gasteiger partial charge is 0.302 e. The van der Waals surface area contributed by atoms with Crippen molar-refractivity contribution in [1.29, 1.82) is 0 Å². The van der Waals surface area contributed by atoms with Crippen molar-refractivity contribution < 1.29 is 4.79 Å². The Balaban J connectivity index is 1.71. The number of ketones is 1. The van der Waals surface area contributed by atoms with Gasteiger partial charge in [0.15, 0.2) is 0 Å². The number of piperidine rings is 1. The molecule has 1 saturated carbocycles. The Bertz CT molecular complexity index is 306. The molecule has 17 heavy (non-hydrogen) atoms. The summed E-state index contributed by atoms with van der Waals surface area (Å²) in [5.41, 5.74) is 0.418. The van der Waals surface area contributed by atoms with Crippen LogP contribution in [0.5, 0.6) is 0 Å². The number of carbonyl (C=O) groups is 1. The van der Waals surface area contributed by atoms with Crippen molar-refractivity contribution in [2.24, 2.45) is 0 Å². The van der Waals surface area contributed by atoms with Gasteiger partial charge >= 0.3 is 0 Å². The summed E-state index contributed by atoms with van der Waals surface area (Å²) in [7, 11) is 4.44. The van der Waals surface area contributed by atoms with E-state index in [1.807, 2.05) is 0 Å². The van der Waals surface area contributed by atoms with E-state index in [4.69, 9.17) is 0 Å². The molecule has 0 N–H and O–H groups in total. The van der Waals surface area contributed by atoms with Crippen LogP contribution in [0.4, 0.5) is 0 Å². The summed E-state index contributed by atoms with van der Waals surface area (Å²) in [5, 5.41) is 0. The van der Waals surface area contributed by atoms with E-state index in [-0.39, 0.29) is 0 Å². The minimum Gasteiger partial charge on any atom is -0.302 e. The maximum atomic E-state index is 11.6. The van der Waals surface area contributed by atoms with E-state index in [1.165, 1.54) is 38.6 Å². The van der Waals surface area contributed by atoms with E-state index in [0.717, 1.165) is 12.8 Å². The van der Waals surface area contributed by atoms with Crippen LogP contribution < -0.4 is 0 Å². The SMILES string of the molecule is CN(C)C1(CN2C3CCC2CC(=O)C3)CCC1. The van der Waals surface area contributed by atoms with Crippen molar-refractivity contribution in [3.63, 3.8) is 0 Å². The molecule has 3 aliphatic rings. The highest BCUT2D eigenvalue weighted by Crippen LogP contribution is 2.41. The molecule has 1 aliphatic carbocycles. The van der Waals surface area contributed by atoms with Crippen molar-refractivity contribution in [3.8, 4) is 0 Å². The fourth-order valence-corrected chi connectivity index (χ4v) is 3.99. The molecule has 0 aromatic heterocycles. The lowest BCUT2D eigenvalue weighted by Crippen LogP contribution is -2.60. The number of likely N-dealkylation sites (N-methyl/N-ethyl adjacent to an activating group) is 1. The van der Waals surface area contributed by atoms with Gasteiger partial charge in [0.25, 0.3) is 0 Å². The second kappa shape index (κ2) is 4.06. The van der Waals surface area contributed by atoms with Crippen LogP contribution in [0.3, 0.4) is 0 Å². The topological polar surface area (TPSA) is 23.6 Å². The molecular formula is C14H24N2O. The molecule has 2 saturated heterocycles. The molecule has 2 aliphatic heterocycles. The summed E-state index contributed by atoms with van der Waals surface area (Å²) < 4.78 is 0. The molecule has 3 rings (SSSR count). The van der Waals surface area contributed by atoms with Gasteiger partial charge in [0, 0.05) is 37.0 Å². The highest BCUT2D eigenvalue weighted by atomic mass is 16.1. The lowest BCUT2D eigenvalue weighted by molar-refractivity contribution is -0.124. The maximum Gasteiger partial charge on any atom is 0.136 e. The molecule has 3 nitrogen and oxygen atoms in total. The molecule has 0 aromatic rings. The number of rotatable bonds is 3. The van der Waals surface area contributed by atoms with Gasteiger partial charge in [0.1, 0.15) is 5.78 Å². The number of nitrogens with zero attached hydrogens (tertiary/aromatic N) is 2. The van der Waals surface area contributed by atoms with Crippen LogP contribution in [0.25, 0.3) is 0 Å². The summed E-state index contributed by atoms with van der Waals surface area (Å²) in [6.45, 7) is 1.20. The third-order valence-electron chi connectivity index (χ3n) is 5.41. The Labute approximate surface area is 104 Å². The van der Waals surface area contributed by atoms with Crippen LogP contribution in [-0.4, -0.2) is 53.8 Å². The smallest absolute Gasteiger partial charge is 0.136 e. The fraction of sp³-hybridized carbons (Fsp3) is 0.929. The van der Waals surface area contributed by atoms with Gasteiger partial charge in [-0.3, -0.25) is 9.69 Å². The first-order valence-electron chi connectivity index (χ1n) is 7.06. The van der Waals surface area contributed by atoms with Gasteiger partial charge in [-0.05, 0) is 46.2 Å². The first-order chi connectivity index (χ1) is 8.11. The minimum absolute atomic E-state index is 0.418. The molecule has 0 aromatic carbocycles. The third-order valence-corrected chi connectivity index (χ3v) is 5.41. The van der Waals surface area contributed by atoms with Crippen molar-refractivity contribution in [3.05, 3.63) is 0 Å². The number of Topliss-reactive ketones (excluding diaryl/α,β-unsaturated/α-hetero) is 1. The summed E-state index contributed by atoms with van der Waals surface area (Å²) in [4.78, 5) is 16.7. The quantitative estimate of drug-likeness (QED) is 0.744. The maximum absolute atomic E-state index is 11.6. The summed E-state index contributed by atoms with van der Waals surface area (Å²) in [6, 6.07) is 1.14. The second-order valence-corrected chi connectivity index (χ2v) is 6.48. The van der Waals surface area contributed by atoms with Gasteiger partial charge in [0.05, 0.1) is 0 Å². The number of hydrogen-bond acceptors (Lipinski definition) is 3. The second-order valence-electron chi connectivity index (χ2n) is 6.48. The molecule has 96 valence electrons. The van der Waals surface area contributed by atoms with E-state index < -0.39 is 0 Å². The van der Waals surface area contributed by atoms with E-state index in [0.29, 0.717) is 23.4 Å². The molecule has 3 fully saturated rings. The average molecular weight is 236 g/mol. The molecular weight excluding hydrogens is 212 g/mol. The summed E-state index contributed by atoms with van der Waals surface area (Å²) in [6.07, 6.45) is 8.19. The molecule has 2 unspecified atom stereocenters. The van der Waals surface area contributed by atoms with Crippen LogP contribution in [0.15, 0.2) is 0 Å². The van der Waals surface area contributed by atoms with Crippen molar-refractivity contribution in [2.75, 3.05) is 20.6 Å². The van der Waals surface area contributed by atoms with E-state index in [9.17, 15) is 4.79 Å². The van der Waals surface area contributed by atoms with Crippen molar-refractivity contribution in [2.45, 2.75) is 62.6 Å². The van der Waals surface area contributed by atoms with Crippen LogP contribution >= 0.6 is 0 Å². The van der Waals surface area contributed by atoms with E-state index in [1.54, 1.807) is 0 Å². The fourth-order valence-electron chi connectivity index (χ4n) is 3.99. The van der Waals surface area contributed by atoms with Gasteiger partial charge in [-0.15, -0.1) is 0 Å². The standard InChI is InChI=1S/C14H24N2O/c1-15(2)14(6-3-7-14)10-16-11-4-5-12(16)9-13(17)8-11/h11-12H,3-10H2,1-2H3. The molecule has 0 spiro atoms. The molecule has 0 amide bonds. The van der Waals surface area contributed by atoms with Crippen LogP contribution in [0.2, 0.25) is 0 Å². The average Bonchev–Trinajstić information content (AvgIpc) is 2.43. The van der Waals surface area contributed by atoms with Gasteiger partial charge in [-0.1, -0.05) is 0 Å². The third kappa shape index (κ3) is 1.84. The lowest BCUT2D eigenvalue weighted by atomic mass is 9.74. The zero-order valence-corrected chi connectivity index (χ0v) is 11.1. The Morgan fingerprint density at radius 1 is 1.24 bits per heavy atom. The van der Waals surface area contributed by atoms with Crippen LogP contribution in [-0.2, 0) is 4.79 Å². The predicted octanol–water partition coefficient (Wildman–Crippen LogP) is 1.67. The highest BCUT2D eigenvalue weighted by molar-refractivity contribution is 5.80. The molecule has 2 bridgehead atoms. The van der Waals surface area contributed by atoms with E-state index >= 15 is 0 Å². The summed E-state index contributed by atoms with van der Waals surface area (Å²) >= 11 is 0. The molecule has 2 atom stereocenters. The van der Waals surface area contributed by atoms with Crippen LogP contribution in [0, 0.1) is 0 Å². The van der Waals surface area contributed by atoms with Gasteiger partial charge in [-0.25, -0.2) is 0 Å². The Morgan fingerprint density at radius 3 is 2.24 bits per heavy atom. The molecule has 2 heterocycles. The first kappa shape index (κ1) is 11.7. The van der Waals surface area contributed by atoms with Gasteiger partial charge in [-0.2, -0.15) is 0 Å². The summed E-state index contributed by atoms with van der Waals surface area (Å²) in [5.74, 6) is 0.501. The minimum atomic E-state index is 0.418. The highest BCUT2D eigenvalue weighted by Gasteiger charge is 2.47. The van der Waals surface area contributed by atoms with Crippen molar-refractivity contribution in [1.82, 2.24) is 9.80 Å². The number of carbonyl (C=O) groups excluding carboxylic acids is 1. The Morgan fingerprint density at radius 2 is 1.82 bits per heavy atom. The zero-order valence-electron chi connectivity index (χ0n) is 11.1. The zero-order chi connectivity index (χ0) is 12.0. The number of fused-ring (bicyclic) bond motifs is 2. The Kier molecular flexibility index (Phi) is 2.79. The molecule has 0 radical (unpaired) electrons. The van der Waals surface area contributed by atoms with Gasteiger partial charge in [0.2, 0.25) is 0 Å². The van der Waals surface area contributed by atoms with Gasteiger partial charge < -0.3 is 4.90 Å². The normalized spacial score (nSPS) is 36.3. The monoisotopic (exact) mass is 236 g/mol. The number of hydrogen-bond donors (Lipinski definition) is 0.